The molecule has 2 aromatic carbocycles. The molecule has 3 rings (SSSR count). The van der Waals surface area contributed by atoms with E-state index in [9.17, 15) is 9.59 Å². The number of carbonyl (C=O) groups is 2. The van der Waals surface area contributed by atoms with E-state index in [1.807, 2.05) is 42.5 Å². The second kappa shape index (κ2) is 5.54. The van der Waals surface area contributed by atoms with E-state index in [-0.39, 0.29) is 5.91 Å². The van der Waals surface area contributed by atoms with Crippen LogP contribution in [-0.4, -0.2) is 11.8 Å². The molecule has 1 aliphatic heterocycles. The van der Waals surface area contributed by atoms with Gasteiger partial charge >= 0.3 is 0 Å². The van der Waals surface area contributed by atoms with Gasteiger partial charge in [-0.25, -0.2) is 0 Å². The molecule has 0 saturated heterocycles. The molecule has 2 amide bonds. The molecule has 0 saturated carbocycles. The van der Waals surface area contributed by atoms with E-state index in [2.05, 4.69) is 5.32 Å². The van der Waals surface area contributed by atoms with E-state index in [1.165, 1.54) is 6.08 Å². The topological polar surface area (TPSA) is 46.2 Å². The highest BCUT2D eigenvalue weighted by Gasteiger charge is 2.31. The summed E-state index contributed by atoms with van der Waals surface area (Å²) in [5.41, 5.74) is 2.35. The van der Waals surface area contributed by atoms with Crippen LogP contribution in [0.1, 0.15) is 17.0 Å². The van der Waals surface area contributed by atoms with Crippen LogP contribution in [0.5, 0.6) is 0 Å². The fourth-order valence-corrected chi connectivity index (χ4v) is 2.59. The van der Waals surface area contributed by atoms with E-state index in [4.69, 9.17) is 11.6 Å². The van der Waals surface area contributed by atoms with Crippen LogP contribution in [0.25, 0.3) is 5.57 Å². The maximum Gasteiger partial charge on any atom is 0.250 e. The quantitative estimate of drug-likeness (QED) is 0.866. The van der Waals surface area contributed by atoms with E-state index in [0.717, 1.165) is 11.1 Å². The second-order valence-electron chi connectivity index (χ2n) is 4.80. The smallest absolute Gasteiger partial charge is 0.250 e. The van der Waals surface area contributed by atoms with Gasteiger partial charge in [0.1, 0.15) is 0 Å². The molecule has 1 atom stereocenters. The second-order valence-corrected chi connectivity index (χ2v) is 5.24. The maximum absolute atomic E-state index is 12.3. The van der Waals surface area contributed by atoms with Gasteiger partial charge < -0.3 is 0 Å². The van der Waals surface area contributed by atoms with Crippen LogP contribution in [-0.2, 0) is 9.59 Å². The molecule has 1 N–H and O–H groups in total. The molecule has 2 aromatic rings. The predicted molar refractivity (Wildman–Crippen MR) is 81.8 cm³/mol. The van der Waals surface area contributed by atoms with Crippen LogP contribution in [0, 0.1) is 0 Å². The van der Waals surface area contributed by atoms with Crippen LogP contribution in [0.4, 0.5) is 0 Å². The Labute approximate surface area is 127 Å². The lowest BCUT2D eigenvalue weighted by Crippen LogP contribution is -2.38. The number of amides is 2. The van der Waals surface area contributed by atoms with E-state index in [0.29, 0.717) is 10.6 Å². The van der Waals surface area contributed by atoms with Gasteiger partial charge in [0, 0.05) is 11.1 Å². The molecule has 21 heavy (non-hydrogen) atoms. The molecule has 0 bridgehead atoms. The molecule has 0 fully saturated rings. The molecule has 4 heteroatoms. The van der Waals surface area contributed by atoms with Gasteiger partial charge in [-0.2, -0.15) is 0 Å². The van der Waals surface area contributed by atoms with Crippen molar-refractivity contribution in [2.75, 3.05) is 0 Å². The Morgan fingerprint density at radius 2 is 1.57 bits per heavy atom. The number of carbonyl (C=O) groups excluding carboxylic acids is 2. The van der Waals surface area contributed by atoms with Gasteiger partial charge in [-0.3, -0.25) is 14.9 Å². The lowest BCUT2D eigenvalue weighted by molar-refractivity contribution is -0.128. The summed E-state index contributed by atoms with van der Waals surface area (Å²) in [6.45, 7) is 0. The molecule has 104 valence electrons. The summed E-state index contributed by atoms with van der Waals surface area (Å²) in [6.07, 6.45) is 1.47. The number of halogens is 1. The zero-order valence-electron chi connectivity index (χ0n) is 11.0. The third-order valence-electron chi connectivity index (χ3n) is 3.42. The molecular weight excluding hydrogens is 286 g/mol. The van der Waals surface area contributed by atoms with Crippen molar-refractivity contribution in [1.82, 2.24) is 5.32 Å². The normalized spacial score (nSPS) is 18.1. The summed E-state index contributed by atoms with van der Waals surface area (Å²) in [5.74, 6) is -1.19. The minimum absolute atomic E-state index is 0.307. The predicted octanol–water partition coefficient (Wildman–Crippen LogP) is 3.16. The van der Waals surface area contributed by atoms with Crippen molar-refractivity contribution in [2.24, 2.45) is 0 Å². The Balaban J connectivity index is 2.11. The van der Waals surface area contributed by atoms with Crippen LogP contribution in [0.15, 0.2) is 60.7 Å². The highest BCUT2D eigenvalue weighted by molar-refractivity contribution is 6.30. The van der Waals surface area contributed by atoms with Crippen LogP contribution < -0.4 is 5.32 Å². The summed E-state index contributed by atoms with van der Waals surface area (Å²) in [5, 5.41) is 2.97. The highest BCUT2D eigenvalue weighted by Crippen LogP contribution is 2.34. The summed E-state index contributed by atoms with van der Waals surface area (Å²) in [7, 11) is 0. The van der Waals surface area contributed by atoms with Gasteiger partial charge in [0.25, 0.3) is 5.91 Å². The molecular formula is C17H12ClNO2. The summed E-state index contributed by atoms with van der Waals surface area (Å²) < 4.78 is 0. The van der Waals surface area contributed by atoms with Gasteiger partial charge in [0.05, 0.1) is 5.92 Å². The summed E-state index contributed by atoms with van der Waals surface area (Å²) in [6, 6.07) is 16.5. The molecule has 3 nitrogen and oxygen atoms in total. The first kappa shape index (κ1) is 13.6. The molecule has 0 aromatic heterocycles. The Morgan fingerprint density at radius 3 is 2.24 bits per heavy atom. The number of hydrogen-bond donors (Lipinski definition) is 1. The summed E-state index contributed by atoms with van der Waals surface area (Å²) in [4.78, 5) is 23.9. The lowest BCUT2D eigenvalue weighted by Gasteiger charge is -2.24. The van der Waals surface area contributed by atoms with Gasteiger partial charge in [-0.1, -0.05) is 54.1 Å². The van der Waals surface area contributed by atoms with Crippen molar-refractivity contribution in [2.45, 2.75) is 5.92 Å². The fourth-order valence-electron chi connectivity index (χ4n) is 2.46. The van der Waals surface area contributed by atoms with Gasteiger partial charge in [-0.15, -0.1) is 0 Å². The largest absolute Gasteiger partial charge is 0.292 e. The minimum Gasteiger partial charge on any atom is -0.292 e. The molecule has 1 heterocycles. The van der Waals surface area contributed by atoms with Crippen LogP contribution in [0.2, 0.25) is 5.02 Å². The Morgan fingerprint density at radius 1 is 0.905 bits per heavy atom. The maximum atomic E-state index is 12.3. The van der Waals surface area contributed by atoms with Crippen molar-refractivity contribution in [3.05, 3.63) is 76.8 Å². The van der Waals surface area contributed by atoms with Crippen LogP contribution >= 0.6 is 11.6 Å². The standard InChI is InChI=1S/C17H12ClNO2/c18-13-8-6-11(7-9-13)14-10-15(20)19-17(21)16(14)12-4-2-1-3-5-12/h1-10,16H,(H,19,20,21). The third-order valence-corrected chi connectivity index (χ3v) is 3.67. The molecule has 0 radical (unpaired) electrons. The number of rotatable bonds is 2. The van der Waals surface area contributed by atoms with E-state index in [1.54, 1.807) is 12.1 Å². The lowest BCUT2D eigenvalue weighted by atomic mass is 9.84. The number of nitrogens with one attached hydrogen (secondary N) is 1. The minimum atomic E-state index is -0.495. The Bertz CT molecular complexity index is 720. The molecule has 0 spiro atoms. The number of benzene rings is 2. The average Bonchev–Trinajstić information content (AvgIpc) is 2.48. The Kier molecular flexibility index (Phi) is 3.59. The van der Waals surface area contributed by atoms with Gasteiger partial charge in [0.2, 0.25) is 5.91 Å². The number of hydrogen-bond acceptors (Lipinski definition) is 2. The van der Waals surface area contributed by atoms with Crippen LogP contribution in [0.3, 0.4) is 0 Å². The third kappa shape index (κ3) is 2.73. The van der Waals surface area contributed by atoms with E-state index < -0.39 is 11.8 Å². The van der Waals surface area contributed by atoms with Gasteiger partial charge in [0.15, 0.2) is 0 Å². The molecule has 0 aliphatic carbocycles. The summed E-state index contributed by atoms with van der Waals surface area (Å²) >= 11 is 5.90. The highest BCUT2D eigenvalue weighted by atomic mass is 35.5. The van der Waals surface area contributed by atoms with Gasteiger partial charge in [-0.05, 0) is 28.8 Å². The first-order valence-corrected chi connectivity index (χ1v) is 6.90. The average molecular weight is 298 g/mol. The zero-order valence-corrected chi connectivity index (χ0v) is 11.8. The first-order chi connectivity index (χ1) is 10.1. The molecule has 1 unspecified atom stereocenters. The van der Waals surface area contributed by atoms with Crippen molar-refractivity contribution in [1.29, 1.82) is 0 Å². The van der Waals surface area contributed by atoms with Crippen molar-refractivity contribution in [3.63, 3.8) is 0 Å². The van der Waals surface area contributed by atoms with Crippen molar-refractivity contribution >= 4 is 29.0 Å². The van der Waals surface area contributed by atoms with Crippen molar-refractivity contribution in [3.8, 4) is 0 Å². The first-order valence-electron chi connectivity index (χ1n) is 6.52. The SMILES string of the molecule is O=C1C=C(c2ccc(Cl)cc2)C(c2ccccc2)C(=O)N1. The number of imide groups is 1. The monoisotopic (exact) mass is 297 g/mol. The van der Waals surface area contributed by atoms with E-state index >= 15 is 0 Å². The van der Waals surface area contributed by atoms with Crippen molar-refractivity contribution < 1.29 is 9.59 Å². The zero-order chi connectivity index (χ0) is 14.8. The fraction of sp³-hybridized carbons (Fsp3) is 0.0588. The Hall–Kier alpha value is -2.39. The molecule has 1 aliphatic rings.